The topological polar surface area (TPSA) is 42.3 Å². The van der Waals surface area contributed by atoms with Gasteiger partial charge in [0.15, 0.2) is 0 Å². The summed E-state index contributed by atoms with van der Waals surface area (Å²) in [6.45, 7) is 8.15. The van der Waals surface area contributed by atoms with Crippen molar-refractivity contribution in [1.82, 2.24) is 14.9 Å². The summed E-state index contributed by atoms with van der Waals surface area (Å²) in [4.78, 5) is 6.97. The van der Waals surface area contributed by atoms with Crippen LogP contribution in [0.3, 0.4) is 0 Å². The molecule has 1 aliphatic heterocycles. The van der Waals surface area contributed by atoms with Crippen molar-refractivity contribution in [2.75, 3.05) is 38.2 Å². The first-order chi connectivity index (χ1) is 10.2. The van der Waals surface area contributed by atoms with E-state index in [9.17, 15) is 0 Å². The van der Waals surface area contributed by atoms with Crippen LogP contribution in [0.15, 0.2) is 24.4 Å². The average Bonchev–Trinajstić information content (AvgIpc) is 2.86. The van der Waals surface area contributed by atoms with Gasteiger partial charge in [0.2, 0.25) is 0 Å². The Kier molecular flexibility index (Phi) is 3.84. The SMILES string of the molecule is COc1cc(-n2c(C)ccc2C)ncc1N1CCNCC1. The minimum atomic E-state index is 0.884. The number of hydrogen-bond acceptors (Lipinski definition) is 4. The van der Waals surface area contributed by atoms with E-state index in [-0.39, 0.29) is 0 Å². The van der Waals surface area contributed by atoms with Crippen LogP contribution >= 0.6 is 0 Å². The van der Waals surface area contributed by atoms with Crippen LogP contribution in [0.4, 0.5) is 5.69 Å². The molecule has 0 spiro atoms. The Morgan fingerprint density at radius 2 is 1.81 bits per heavy atom. The molecule has 1 fully saturated rings. The van der Waals surface area contributed by atoms with E-state index in [4.69, 9.17) is 4.74 Å². The number of aromatic nitrogens is 2. The van der Waals surface area contributed by atoms with E-state index in [2.05, 4.69) is 45.7 Å². The van der Waals surface area contributed by atoms with Crippen molar-refractivity contribution in [3.8, 4) is 11.6 Å². The van der Waals surface area contributed by atoms with Crippen molar-refractivity contribution in [2.24, 2.45) is 0 Å². The zero-order valence-corrected chi connectivity index (χ0v) is 12.9. The molecule has 112 valence electrons. The lowest BCUT2D eigenvalue weighted by Gasteiger charge is -2.30. The van der Waals surface area contributed by atoms with Crippen molar-refractivity contribution >= 4 is 5.69 Å². The van der Waals surface area contributed by atoms with Crippen molar-refractivity contribution in [1.29, 1.82) is 0 Å². The molecule has 0 radical (unpaired) electrons. The smallest absolute Gasteiger partial charge is 0.147 e. The second-order valence-corrected chi connectivity index (χ2v) is 5.40. The standard InChI is InChI=1S/C16H22N4O/c1-12-4-5-13(2)20(12)16-10-15(21-3)14(11-18-16)19-8-6-17-7-9-19/h4-5,10-11,17H,6-9H2,1-3H3. The van der Waals surface area contributed by atoms with Gasteiger partial charge in [-0.3, -0.25) is 0 Å². The predicted molar refractivity (Wildman–Crippen MR) is 84.7 cm³/mol. The van der Waals surface area contributed by atoms with E-state index in [0.29, 0.717) is 0 Å². The first-order valence-electron chi connectivity index (χ1n) is 7.35. The van der Waals surface area contributed by atoms with Crippen molar-refractivity contribution in [2.45, 2.75) is 13.8 Å². The Morgan fingerprint density at radius 3 is 2.43 bits per heavy atom. The first kappa shape index (κ1) is 13.9. The van der Waals surface area contributed by atoms with Gasteiger partial charge in [-0.15, -0.1) is 0 Å². The van der Waals surface area contributed by atoms with Gasteiger partial charge in [-0.25, -0.2) is 4.98 Å². The molecule has 5 heteroatoms. The maximum atomic E-state index is 5.60. The number of aryl methyl sites for hydroxylation is 2. The number of nitrogens with zero attached hydrogens (tertiary/aromatic N) is 3. The number of hydrogen-bond donors (Lipinski definition) is 1. The Labute approximate surface area is 125 Å². The van der Waals surface area contributed by atoms with Crippen LogP contribution in [-0.4, -0.2) is 42.8 Å². The fraction of sp³-hybridized carbons (Fsp3) is 0.438. The molecule has 21 heavy (non-hydrogen) atoms. The van der Waals surface area contributed by atoms with Crippen LogP contribution in [0.5, 0.6) is 5.75 Å². The summed E-state index contributed by atoms with van der Waals surface area (Å²) in [5.41, 5.74) is 3.43. The second-order valence-electron chi connectivity index (χ2n) is 5.40. The molecule has 3 heterocycles. The second kappa shape index (κ2) is 5.77. The highest BCUT2D eigenvalue weighted by molar-refractivity contribution is 5.60. The summed E-state index contributed by atoms with van der Waals surface area (Å²) in [6.07, 6.45) is 1.93. The van der Waals surface area contributed by atoms with E-state index in [0.717, 1.165) is 43.4 Å². The molecule has 1 saturated heterocycles. The third kappa shape index (κ3) is 2.61. The van der Waals surface area contributed by atoms with Gasteiger partial charge < -0.3 is 19.5 Å². The largest absolute Gasteiger partial charge is 0.494 e. The Hall–Kier alpha value is -2.01. The summed E-state index contributed by atoms with van der Waals surface area (Å²) in [6, 6.07) is 6.23. The van der Waals surface area contributed by atoms with Crippen LogP contribution in [0.25, 0.3) is 5.82 Å². The zero-order chi connectivity index (χ0) is 14.8. The molecule has 0 unspecified atom stereocenters. The third-order valence-electron chi connectivity index (χ3n) is 4.01. The van der Waals surface area contributed by atoms with Crippen LogP contribution in [0.1, 0.15) is 11.4 Å². The molecule has 1 N–H and O–H groups in total. The van der Waals surface area contributed by atoms with Gasteiger partial charge >= 0.3 is 0 Å². The first-order valence-corrected chi connectivity index (χ1v) is 7.35. The monoisotopic (exact) mass is 286 g/mol. The molecule has 2 aromatic rings. The molecule has 2 aromatic heterocycles. The third-order valence-corrected chi connectivity index (χ3v) is 4.01. The van der Waals surface area contributed by atoms with Crippen LogP contribution in [0, 0.1) is 13.8 Å². The van der Waals surface area contributed by atoms with Gasteiger partial charge in [-0.05, 0) is 26.0 Å². The highest BCUT2D eigenvalue weighted by Gasteiger charge is 2.17. The Morgan fingerprint density at radius 1 is 1.14 bits per heavy atom. The number of pyridine rings is 1. The molecule has 0 aromatic carbocycles. The molecule has 0 amide bonds. The molecule has 5 nitrogen and oxygen atoms in total. The molecule has 1 aliphatic rings. The van der Waals surface area contributed by atoms with Crippen molar-refractivity contribution < 1.29 is 4.74 Å². The number of methoxy groups -OCH3 is 1. The minimum Gasteiger partial charge on any atom is -0.494 e. The lowest BCUT2D eigenvalue weighted by atomic mass is 10.2. The number of nitrogens with one attached hydrogen (secondary N) is 1. The molecule has 0 bridgehead atoms. The highest BCUT2D eigenvalue weighted by atomic mass is 16.5. The molecular formula is C16H22N4O. The summed E-state index contributed by atoms with van der Waals surface area (Å²) in [5, 5.41) is 3.36. The van der Waals surface area contributed by atoms with Gasteiger partial charge in [-0.2, -0.15) is 0 Å². The number of piperazine rings is 1. The molecule has 0 aliphatic carbocycles. The molecular weight excluding hydrogens is 264 g/mol. The van der Waals surface area contributed by atoms with Crippen LogP contribution in [0.2, 0.25) is 0 Å². The van der Waals surface area contributed by atoms with Crippen LogP contribution < -0.4 is 15.0 Å². The highest BCUT2D eigenvalue weighted by Crippen LogP contribution is 2.30. The molecule has 0 atom stereocenters. The molecule has 0 saturated carbocycles. The minimum absolute atomic E-state index is 0.884. The fourth-order valence-electron chi connectivity index (χ4n) is 2.88. The van der Waals surface area contributed by atoms with Crippen LogP contribution in [-0.2, 0) is 0 Å². The van der Waals surface area contributed by atoms with E-state index in [1.807, 2.05) is 12.3 Å². The molecule has 3 rings (SSSR count). The van der Waals surface area contributed by atoms with E-state index in [1.54, 1.807) is 7.11 Å². The van der Waals surface area contributed by atoms with Gasteiger partial charge in [0.25, 0.3) is 0 Å². The van der Waals surface area contributed by atoms with E-state index in [1.165, 1.54) is 11.4 Å². The summed E-state index contributed by atoms with van der Waals surface area (Å²) >= 11 is 0. The quantitative estimate of drug-likeness (QED) is 0.936. The van der Waals surface area contributed by atoms with E-state index < -0.39 is 0 Å². The lowest BCUT2D eigenvalue weighted by Crippen LogP contribution is -2.43. The van der Waals surface area contributed by atoms with Crippen molar-refractivity contribution in [3.63, 3.8) is 0 Å². The lowest BCUT2D eigenvalue weighted by molar-refractivity contribution is 0.412. The summed E-state index contributed by atoms with van der Waals surface area (Å²) < 4.78 is 7.74. The van der Waals surface area contributed by atoms with Gasteiger partial charge in [0.1, 0.15) is 11.6 Å². The van der Waals surface area contributed by atoms with Gasteiger partial charge in [-0.1, -0.05) is 0 Å². The number of anilines is 1. The van der Waals surface area contributed by atoms with Gasteiger partial charge in [0.05, 0.1) is 19.0 Å². The summed E-state index contributed by atoms with van der Waals surface area (Å²) in [7, 11) is 1.72. The van der Waals surface area contributed by atoms with Crippen molar-refractivity contribution in [3.05, 3.63) is 35.8 Å². The Balaban J connectivity index is 1.99. The van der Waals surface area contributed by atoms with Gasteiger partial charge in [0, 0.05) is 43.6 Å². The Bertz CT molecular complexity index is 610. The maximum absolute atomic E-state index is 5.60. The normalized spacial score (nSPS) is 15.3. The number of rotatable bonds is 3. The zero-order valence-electron chi connectivity index (χ0n) is 12.9. The average molecular weight is 286 g/mol. The maximum Gasteiger partial charge on any atom is 0.147 e. The fourth-order valence-corrected chi connectivity index (χ4v) is 2.88. The predicted octanol–water partition coefficient (Wildman–Crippen LogP) is 1.91. The number of ether oxygens (including phenoxy) is 1. The van der Waals surface area contributed by atoms with E-state index >= 15 is 0 Å². The summed E-state index contributed by atoms with van der Waals surface area (Å²) in [5.74, 6) is 1.79.